The van der Waals surface area contributed by atoms with Crippen molar-refractivity contribution in [2.75, 3.05) is 0 Å². The van der Waals surface area contributed by atoms with E-state index in [4.69, 9.17) is 39.9 Å². The molecule has 2 rings (SSSR count). The average Bonchev–Trinajstić information content (AvgIpc) is 2.35. The second-order valence-electron chi connectivity index (χ2n) is 3.83. The van der Waals surface area contributed by atoms with Gasteiger partial charge in [0, 0.05) is 11.8 Å². The Balaban J connectivity index is 2.51. The summed E-state index contributed by atoms with van der Waals surface area (Å²) in [5, 5.41) is 9.92. The SMILES string of the molecule is O=C(O)Cc1cc(-c2cccc(Cl)c2Cl)ncc1Cl. The molecule has 98 valence electrons. The van der Waals surface area contributed by atoms with Crippen LogP contribution in [0.3, 0.4) is 0 Å². The van der Waals surface area contributed by atoms with Crippen LogP contribution < -0.4 is 0 Å². The summed E-state index contributed by atoms with van der Waals surface area (Å²) in [6, 6.07) is 6.78. The molecule has 2 aromatic rings. The van der Waals surface area contributed by atoms with E-state index in [1.165, 1.54) is 6.20 Å². The van der Waals surface area contributed by atoms with Gasteiger partial charge in [-0.15, -0.1) is 0 Å². The number of benzene rings is 1. The molecule has 0 spiro atoms. The maximum absolute atomic E-state index is 10.8. The van der Waals surface area contributed by atoms with Gasteiger partial charge in [-0.2, -0.15) is 0 Å². The normalized spacial score (nSPS) is 10.5. The number of aliphatic carboxylic acids is 1. The molecule has 1 aromatic carbocycles. The van der Waals surface area contributed by atoms with Crippen LogP contribution in [0.4, 0.5) is 0 Å². The molecule has 1 heterocycles. The Hall–Kier alpha value is -1.29. The van der Waals surface area contributed by atoms with Gasteiger partial charge in [0.1, 0.15) is 0 Å². The monoisotopic (exact) mass is 315 g/mol. The number of nitrogens with zero attached hydrogens (tertiary/aromatic N) is 1. The molecule has 0 saturated heterocycles. The lowest BCUT2D eigenvalue weighted by atomic mass is 10.1. The minimum atomic E-state index is -0.962. The quantitative estimate of drug-likeness (QED) is 0.916. The Kier molecular flexibility index (Phi) is 4.30. The fraction of sp³-hybridized carbons (Fsp3) is 0.0769. The summed E-state index contributed by atoms with van der Waals surface area (Å²) in [4.78, 5) is 14.9. The fourth-order valence-corrected chi connectivity index (χ4v) is 2.20. The summed E-state index contributed by atoms with van der Waals surface area (Å²) in [7, 11) is 0. The Morgan fingerprint density at radius 3 is 2.63 bits per heavy atom. The summed E-state index contributed by atoms with van der Waals surface area (Å²) < 4.78 is 0. The summed E-state index contributed by atoms with van der Waals surface area (Å²) in [5.41, 5.74) is 1.65. The number of carboxylic acid groups (broad SMARTS) is 1. The molecule has 6 heteroatoms. The van der Waals surface area contributed by atoms with Gasteiger partial charge in [-0.3, -0.25) is 9.78 Å². The third-order valence-corrected chi connectivity index (χ3v) is 3.66. The van der Waals surface area contributed by atoms with Gasteiger partial charge in [0.2, 0.25) is 0 Å². The number of hydrogen-bond acceptors (Lipinski definition) is 2. The van der Waals surface area contributed by atoms with Crippen molar-refractivity contribution in [3.63, 3.8) is 0 Å². The van der Waals surface area contributed by atoms with Crippen LogP contribution in [0.1, 0.15) is 5.56 Å². The van der Waals surface area contributed by atoms with E-state index in [1.807, 2.05) is 0 Å². The first-order valence-corrected chi connectivity index (χ1v) is 6.43. The van der Waals surface area contributed by atoms with Crippen molar-refractivity contribution in [3.05, 3.63) is 51.1 Å². The van der Waals surface area contributed by atoms with Crippen LogP contribution in [0.2, 0.25) is 15.1 Å². The highest BCUT2D eigenvalue weighted by Crippen LogP contribution is 2.33. The van der Waals surface area contributed by atoms with Crippen LogP contribution in [-0.2, 0) is 11.2 Å². The topological polar surface area (TPSA) is 50.2 Å². The largest absolute Gasteiger partial charge is 0.481 e. The van der Waals surface area contributed by atoms with Crippen LogP contribution in [-0.4, -0.2) is 16.1 Å². The molecule has 0 aliphatic rings. The highest BCUT2D eigenvalue weighted by atomic mass is 35.5. The van der Waals surface area contributed by atoms with Gasteiger partial charge in [-0.05, 0) is 17.7 Å². The van der Waals surface area contributed by atoms with Gasteiger partial charge in [0.05, 0.1) is 27.2 Å². The van der Waals surface area contributed by atoms with Crippen LogP contribution in [0, 0.1) is 0 Å². The van der Waals surface area contributed by atoms with Gasteiger partial charge < -0.3 is 5.11 Å². The molecular formula is C13H8Cl3NO2. The van der Waals surface area contributed by atoms with Crippen molar-refractivity contribution < 1.29 is 9.90 Å². The van der Waals surface area contributed by atoms with Crippen molar-refractivity contribution in [1.29, 1.82) is 0 Å². The molecule has 0 bridgehead atoms. The lowest BCUT2D eigenvalue weighted by Gasteiger charge is -2.08. The number of carbonyl (C=O) groups is 1. The van der Waals surface area contributed by atoms with Crippen LogP contribution in [0.5, 0.6) is 0 Å². The van der Waals surface area contributed by atoms with Gasteiger partial charge in [-0.25, -0.2) is 0 Å². The predicted octanol–water partition coefficient (Wildman–Crippen LogP) is 4.34. The molecular weight excluding hydrogens is 309 g/mol. The van der Waals surface area contributed by atoms with E-state index in [1.54, 1.807) is 24.3 Å². The van der Waals surface area contributed by atoms with E-state index < -0.39 is 5.97 Å². The first-order chi connectivity index (χ1) is 8.99. The molecule has 1 N–H and O–H groups in total. The zero-order chi connectivity index (χ0) is 14.0. The molecule has 0 atom stereocenters. The average molecular weight is 317 g/mol. The second-order valence-corrected chi connectivity index (χ2v) is 5.03. The minimum absolute atomic E-state index is 0.174. The van der Waals surface area contributed by atoms with E-state index in [-0.39, 0.29) is 6.42 Å². The molecule has 0 aliphatic heterocycles. The van der Waals surface area contributed by atoms with Gasteiger partial charge >= 0.3 is 5.97 Å². The fourth-order valence-electron chi connectivity index (χ4n) is 1.63. The summed E-state index contributed by atoms with van der Waals surface area (Å²) in [6.45, 7) is 0. The summed E-state index contributed by atoms with van der Waals surface area (Å²) >= 11 is 18.0. The molecule has 19 heavy (non-hydrogen) atoms. The maximum Gasteiger partial charge on any atom is 0.307 e. The van der Waals surface area contributed by atoms with E-state index in [0.29, 0.717) is 31.9 Å². The molecule has 1 aromatic heterocycles. The smallest absolute Gasteiger partial charge is 0.307 e. The number of aromatic nitrogens is 1. The number of carboxylic acids is 1. The maximum atomic E-state index is 10.8. The minimum Gasteiger partial charge on any atom is -0.481 e. The molecule has 0 radical (unpaired) electrons. The predicted molar refractivity (Wildman–Crippen MR) is 76.0 cm³/mol. The van der Waals surface area contributed by atoms with Crippen molar-refractivity contribution in [1.82, 2.24) is 4.98 Å². The first-order valence-electron chi connectivity index (χ1n) is 5.29. The first kappa shape index (κ1) is 14.1. The number of hydrogen-bond donors (Lipinski definition) is 1. The zero-order valence-electron chi connectivity index (χ0n) is 9.53. The van der Waals surface area contributed by atoms with Crippen molar-refractivity contribution in [2.24, 2.45) is 0 Å². The van der Waals surface area contributed by atoms with E-state index in [2.05, 4.69) is 4.98 Å². The van der Waals surface area contributed by atoms with Gasteiger partial charge in [-0.1, -0.05) is 46.9 Å². The Morgan fingerprint density at radius 2 is 1.95 bits per heavy atom. The molecule has 0 fully saturated rings. The number of rotatable bonds is 3. The number of pyridine rings is 1. The lowest BCUT2D eigenvalue weighted by molar-refractivity contribution is -0.136. The second kappa shape index (κ2) is 5.78. The standard InChI is InChI=1S/C13H8Cl3NO2/c14-9-3-1-2-8(13(9)16)11-4-7(5-12(18)19)10(15)6-17-11/h1-4,6H,5H2,(H,18,19). The van der Waals surface area contributed by atoms with Gasteiger partial charge in [0.15, 0.2) is 0 Å². The third-order valence-electron chi connectivity index (χ3n) is 2.50. The summed E-state index contributed by atoms with van der Waals surface area (Å²) in [6.07, 6.45) is 1.24. The lowest BCUT2D eigenvalue weighted by Crippen LogP contribution is -2.01. The van der Waals surface area contributed by atoms with E-state index >= 15 is 0 Å². The van der Waals surface area contributed by atoms with Crippen LogP contribution in [0.15, 0.2) is 30.5 Å². The highest BCUT2D eigenvalue weighted by Gasteiger charge is 2.12. The zero-order valence-corrected chi connectivity index (χ0v) is 11.8. The molecule has 0 saturated carbocycles. The van der Waals surface area contributed by atoms with E-state index in [0.717, 1.165) is 0 Å². The third kappa shape index (κ3) is 3.18. The Labute approximate surface area is 124 Å². The van der Waals surface area contributed by atoms with Gasteiger partial charge in [0.25, 0.3) is 0 Å². The van der Waals surface area contributed by atoms with E-state index in [9.17, 15) is 4.79 Å². The molecule has 0 aliphatic carbocycles. The molecule has 3 nitrogen and oxygen atoms in total. The Bertz CT molecular complexity index is 644. The molecule has 0 amide bonds. The van der Waals surface area contributed by atoms with Crippen molar-refractivity contribution in [2.45, 2.75) is 6.42 Å². The molecule has 0 unspecified atom stereocenters. The summed E-state index contributed by atoms with van der Waals surface area (Å²) in [5.74, 6) is -0.962. The number of halogens is 3. The van der Waals surface area contributed by atoms with Crippen molar-refractivity contribution in [3.8, 4) is 11.3 Å². The highest BCUT2D eigenvalue weighted by molar-refractivity contribution is 6.43. The Morgan fingerprint density at radius 1 is 1.21 bits per heavy atom. The van der Waals surface area contributed by atoms with Crippen molar-refractivity contribution >= 4 is 40.8 Å². The van der Waals surface area contributed by atoms with Crippen LogP contribution in [0.25, 0.3) is 11.3 Å². The van der Waals surface area contributed by atoms with Crippen LogP contribution >= 0.6 is 34.8 Å².